The summed E-state index contributed by atoms with van der Waals surface area (Å²) in [7, 11) is 0. The lowest BCUT2D eigenvalue weighted by atomic mass is 9.99. The van der Waals surface area contributed by atoms with Gasteiger partial charge in [0.2, 0.25) is 5.91 Å². The van der Waals surface area contributed by atoms with Gasteiger partial charge in [0, 0.05) is 29.0 Å². The first-order valence-corrected chi connectivity index (χ1v) is 11.7. The number of hydrogen-bond acceptors (Lipinski definition) is 4. The second-order valence-electron chi connectivity index (χ2n) is 7.54. The van der Waals surface area contributed by atoms with Gasteiger partial charge in [-0.1, -0.05) is 78.9 Å². The number of anilines is 1. The largest absolute Gasteiger partial charge is 0.326 e. The van der Waals surface area contributed by atoms with E-state index < -0.39 is 0 Å². The van der Waals surface area contributed by atoms with Crippen LogP contribution in [0, 0.1) is 18.3 Å². The van der Waals surface area contributed by atoms with Crippen LogP contribution in [0.2, 0.25) is 0 Å². The lowest BCUT2D eigenvalue weighted by Gasteiger charge is -2.13. The molecular weight excluding hydrogens is 426 g/mol. The summed E-state index contributed by atoms with van der Waals surface area (Å²) < 4.78 is 0. The first-order valence-electron chi connectivity index (χ1n) is 10.7. The van der Waals surface area contributed by atoms with Crippen LogP contribution < -0.4 is 5.32 Å². The topological polar surface area (TPSA) is 65.8 Å². The Hall–Kier alpha value is -3.88. The van der Waals surface area contributed by atoms with Crippen LogP contribution >= 0.6 is 11.8 Å². The Balaban J connectivity index is 1.59. The van der Waals surface area contributed by atoms with Crippen molar-refractivity contribution in [3.05, 3.63) is 102 Å². The van der Waals surface area contributed by atoms with Crippen molar-refractivity contribution < 1.29 is 4.79 Å². The average molecular weight is 450 g/mol. The normalized spacial score (nSPS) is 10.4. The van der Waals surface area contributed by atoms with Crippen molar-refractivity contribution in [3.63, 3.8) is 0 Å². The molecule has 1 N–H and O–H groups in total. The lowest BCUT2D eigenvalue weighted by Crippen LogP contribution is -2.13. The summed E-state index contributed by atoms with van der Waals surface area (Å²) >= 11 is 1.44. The van der Waals surface area contributed by atoms with E-state index in [0.29, 0.717) is 22.8 Å². The average Bonchev–Trinajstić information content (AvgIpc) is 2.86. The fourth-order valence-corrected chi connectivity index (χ4v) is 4.45. The molecule has 162 valence electrons. The number of nitriles is 1. The summed E-state index contributed by atoms with van der Waals surface area (Å²) in [5.74, 6) is 0.462. The van der Waals surface area contributed by atoms with E-state index in [1.165, 1.54) is 11.8 Å². The van der Waals surface area contributed by atoms with Crippen LogP contribution in [0.25, 0.3) is 22.4 Å². The second-order valence-corrected chi connectivity index (χ2v) is 8.62. The van der Waals surface area contributed by atoms with E-state index in [2.05, 4.69) is 11.4 Å². The maximum absolute atomic E-state index is 12.5. The van der Waals surface area contributed by atoms with E-state index in [9.17, 15) is 10.1 Å². The lowest BCUT2D eigenvalue weighted by molar-refractivity contribution is -0.115. The van der Waals surface area contributed by atoms with Crippen LogP contribution in [0.3, 0.4) is 0 Å². The van der Waals surface area contributed by atoms with Crippen LogP contribution in [0.1, 0.15) is 17.5 Å². The summed E-state index contributed by atoms with van der Waals surface area (Å²) in [5.41, 5.74) is 5.98. The van der Waals surface area contributed by atoms with Crippen molar-refractivity contribution >= 4 is 23.4 Å². The number of benzene rings is 3. The molecule has 0 saturated heterocycles. The van der Waals surface area contributed by atoms with Crippen molar-refractivity contribution in [1.29, 1.82) is 5.26 Å². The fraction of sp³-hybridized carbons (Fsp3) is 0.107. The number of para-hydroxylation sites is 1. The third-order valence-corrected chi connectivity index (χ3v) is 6.22. The smallest absolute Gasteiger partial charge is 0.225 e. The molecule has 0 unspecified atom stereocenters. The number of rotatable bonds is 7. The molecule has 0 bridgehead atoms. The van der Waals surface area contributed by atoms with Gasteiger partial charge in [-0.05, 0) is 30.2 Å². The number of amides is 1. The van der Waals surface area contributed by atoms with Crippen LogP contribution in [-0.2, 0) is 4.79 Å². The zero-order chi connectivity index (χ0) is 23.0. The maximum Gasteiger partial charge on any atom is 0.225 e. The summed E-state index contributed by atoms with van der Waals surface area (Å²) in [6.45, 7) is 1.97. The highest BCUT2D eigenvalue weighted by Crippen LogP contribution is 2.34. The molecule has 0 aliphatic carbocycles. The van der Waals surface area contributed by atoms with Crippen LogP contribution in [0.15, 0.2) is 96.0 Å². The molecule has 1 heterocycles. The van der Waals surface area contributed by atoms with Gasteiger partial charge in [0.15, 0.2) is 0 Å². The fourth-order valence-electron chi connectivity index (χ4n) is 3.50. The molecule has 0 atom stereocenters. The zero-order valence-electron chi connectivity index (χ0n) is 18.3. The van der Waals surface area contributed by atoms with Crippen LogP contribution in [0.4, 0.5) is 5.69 Å². The first kappa shape index (κ1) is 22.3. The number of aryl methyl sites for hydroxylation is 1. The Labute approximate surface area is 198 Å². The predicted octanol–water partition coefficient (Wildman–Crippen LogP) is 6.72. The molecular formula is C28H23N3OS. The number of carbonyl (C=O) groups is 1. The molecule has 1 aromatic heterocycles. The van der Waals surface area contributed by atoms with E-state index in [1.807, 2.05) is 97.9 Å². The number of hydrogen-bond donors (Lipinski definition) is 1. The third-order valence-electron chi connectivity index (χ3n) is 5.24. The Morgan fingerprint density at radius 1 is 0.939 bits per heavy atom. The molecule has 0 aliphatic heterocycles. The van der Waals surface area contributed by atoms with Gasteiger partial charge in [0.25, 0.3) is 0 Å². The summed E-state index contributed by atoms with van der Waals surface area (Å²) in [4.78, 5) is 17.3. The molecule has 33 heavy (non-hydrogen) atoms. The van der Waals surface area contributed by atoms with E-state index in [0.717, 1.165) is 33.6 Å². The van der Waals surface area contributed by atoms with Crippen molar-refractivity contribution in [1.82, 2.24) is 4.98 Å². The molecule has 0 saturated carbocycles. The van der Waals surface area contributed by atoms with Crippen molar-refractivity contribution in [2.24, 2.45) is 0 Å². The number of nitrogens with one attached hydrogen (secondary N) is 1. The van der Waals surface area contributed by atoms with E-state index in [1.54, 1.807) is 0 Å². The molecule has 4 nitrogen and oxygen atoms in total. The molecule has 1 amide bonds. The zero-order valence-corrected chi connectivity index (χ0v) is 19.1. The number of aromatic nitrogens is 1. The van der Waals surface area contributed by atoms with Crippen LogP contribution in [0.5, 0.6) is 0 Å². The standard InChI is InChI=1S/C28H23N3OS/c1-20-10-8-9-15-25(20)30-27(32)16-17-33-28-24(19-29)23(21-11-4-2-5-12-21)18-26(31-28)22-13-6-3-7-14-22/h2-15,18H,16-17H2,1H3,(H,30,32). The first-order chi connectivity index (χ1) is 16.2. The molecule has 4 rings (SSSR count). The molecule has 0 radical (unpaired) electrons. The van der Waals surface area contributed by atoms with Crippen molar-refractivity contribution in [2.45, 2.75) is 18.4 Å². The Bertz CT molecular complexity index is 1300. The van der Waals surface area contributed by atoms with Gasteiger partial charge in [-0.25, -0.2) is 4.98 Å². The second kappa shape index (κ2) is 10.6. The van der Waals surface area contributed by atoms with Gasteiger partial charge in [0.05, 0.1) is 11.3 Å². The Kier molecular flexibility index (Phi) is 7.19. The van der Waals surface area contributed by atoms with E-state index in [4.69, 9.17) is 4.98 Å². The highest BCUT2D eigenvalue weighted by Gasteiger charge is 2.16. The minimum atomic E-state index is -0.0576. The quantitative estimate of drug-likeness (QED) is 0.318. The maximum atomic E-state index is 12.5. The predicted molar refractivity (Wildman–Crippen MR) is 135 cm³/mol. The number of thioether (sulfide) groups is 1. The minimum Gasteiger partial charge on any atom is -0.326 e. The van der Waals surface area contributed by atoms with Crippen LogP contribution in [-0.4, -0.2) is 16.6 Å². The van der Waals surface area contributed by atoms with E-state index in [-0.39, 0.29) is 5.91 Å². The van der Waals surface area contributed by atoms with Gasteiger partial charge < -0.3 is 5.32 Å². The molecule has 3 aromatic carbocycles. The SMILES string of the molecule is Cc1ccccc1NC(=O)CCSc1nc(-c2ccccc2)cc(-c2ccccc2)c1C#N. The molecule has 0 spiro atoms. The van der Waals surface area contributed by atoms with Crippen molar-refractivity contribution in [3.8, 4) is 28.5 Å². The highest BCUT2D eigenvalue weighted by molar-refractivity contribution is 7.99. The summed E-state index contributed by atoms with van der Waals surface area (Å²) in [5, 5.41) is 13.6. The van der Waals surface area contributed by atoms with Gasteiger partial charge in [-0.15, -0.1) is 11.8 Å². The molecule has 0 aliphatic rings. The van der Waals surface area contributed by atoms with Gasteiger partial charge in [0.1, 0.15) is 11.1 Å². The summed E-state index contributed by atoms with van der Waals surface area (Å²) in [6, 6.07) is 31.8. The number of carbonyl (C=O) groups excluding carboxylic acids is 1. The Morgan fingerprint density at radius 3 is 2.24 bits per heavy atom. The van der Waals surface area contributed by atoms with Gasteiger partial charge >= 0.3 is 0 Å². The van der Waals surface area contributed by atoms with Gasteiger partial charge in [-0.2, -0.15) is 5.26 Å². The molecule has 5 heteroatoms. The molecule has 4 aromatic rings. The Morgan fingerprint density at radius 2 is 1.58 bits per heavy atom. The number of pyridine rings is 1. The van der Waals surface area contributed by atoms with Crippen molar-refractivity contribution in [2.75, 3.05) is 11.1 Å². The third kappa shape index (κ3) is 5.49. The molecule has 0 fully saturated rings. The summed E-state index contributed by atoms with van der Waals surface area (Å²) in [6.07, 6.45) is 0.321. The number of nitrogens with zero attached hydrogens (tertiary/aromatic N) is 2. The van der Waals surface area contributed by atoms with E-state index >= 15 is 0 Å². The van der Waals surface area contributed by atoms with Gasteiger partial charge in [-0.3, -0.25) is 4.79 Å². The monoisotopic (exact) mass is 449 g/mol. The minimum absolute atomic E-state index is 0.0576. The highest BCUT2D eigenvalue weighted by atomic mass is 32.2.